The molecule has 0 spiro atoms. The molecule has 2 N–H and O–H groups in total. The van der Waals surface area contributed by atoms with Crippen LogP contribution in [0.2, 0.25) is 0 Å². The number of rotatable bonds is 3. The fourth-order valence-electron chi connectivity index (χ4n) is 2.42. The molecule has 96 valence electrons. The third kappa shape index (κ3) is 1.56. The molecule has 2 saturated heterocycles. The molecule has 0 bridgehead atoms. The normalized spacial score (nSPS) is 42.0. The summed E-state index contributed by atoms with van der Waals surface area (Å²) in [4.78, 5) is 23.4. The fraction of sp³-hybridized carbons (Fsp3) is 0.800. The van der Waals surface area contributed by atoms with Gasteiger partial charge in [0.1, 0.15) is 4.93 Å². The molecule has 0 aromatic heterocycles. The smallest absolute Gasteiger partial charge is 0.330 e. The van der Waals surface area contributed by atoms with Crippen LogP contribution in [0.3, 0.4) is 0 Å². The molecule has 2 heterocycles. The molecule has 1 amide bonds. The van der Waals surface area contributed by atoms with Crippen LogP contribution in [0, 0.1) is 5.92 Å². The maximum absolute atomic E-state index is 11.8. The van der Waals surface area contributed by atoms with Crippen molar-refractivity contribution < 1.29 is 24.5 Å². The van der Waals surface area contributed by atoms with E-state index in [0.717, 1.165) is 0 Å². The second kappa shape index (κ2) is 3.86. The number of carbonyl (C=O) groups is 2. The molecule has 0 radical (unpaired) electrons. The molecule has 0 aliphatic carbocycles. The number of nitrogens with zero attached hydrogens (tertiary/aromatic N) is 1. The zero-order valence-corrected chi connectivity index (χ0v) is 10.6. The number of ether oxygens (including phenoxy) is 1. The molecular weight excluding hydrogens is 246 g/mol. The van der Waals surface area contributed by atoms with Gasteiger partial charge in [-0.1, -0.05) is 11.8 Å². The molecular formula is C10H15NO5S. The SMILES string of the molecule is COC1(C)S[C@@H]2C(C(C)O)C(=O)N2C1C(=O)O. The van der Waals surface area contributed by atoms with Gasteiger partial charge in [0.25, 0.3) is 0 Å². The van der Waals surface area contributed by atoms with Gasteiger partial charge in [-0.25, -0.2) is 4.79 Å². The van der Waals surface area contributed by atoms with Gasteiger partial charge < -0.3 is 19.8 Å². The van der Waals surface area contributed by atoms with Crippen molar-refractivity contribution >= 4 is 23.6 Å². The van der Waals surface area contributed by atoms with Crippen molar-refractivity contribution in [3.8, 4) is 0 Å². The number of carboxylic acid groups (broad SMARTS) is 1. The highest BCUT2D eigenvalue weighted by atomic mass is 32.2. The molecule has 5 atom stereocenters. The number of carbonyl (C=O) groups excluding carboxylic acids is 1. The Balaban J connectivity index is 2.30. The van der Waals surface area contributed by atoms with E-state index in [1.54, 1.807) is 13.8 Å². The van der Waals surface area contributed by atoms with E-state index < -0.39 is 29.0 Å². The number of fused-ring (bicyclic) bond motifs is 1. The van der Waals surface area contributed by atoms with Gasteiger partial charge in [0.05, 0.1) is 17.4 Å². The van der Waals surface area contributed by atoms with Crippen molar-refractivity contribution in [3.05, 3.63) is 0 Å². The van der Waals surface area contributed by atoms with Crippen molar-refractivity contribution in [1.82, 2.24) is 4.90 Å². The predicted molar refractivity (Wildman–Crippen MR) is 60.2 cm³/mol. The van der Waals surface area contributed by atoms with Gasteiger partial charge in [-0.2, -0.15) is 0 Å². The molecule has 0 saturated carbocycles. The highest BCUT2D eigenvalue weighted by Gasteiger charge is 2.66. The van der Waals surface area contributed by atoms with E-state index in [4.69, 9.17) is 4.74 Å². The number of amides is 1. The Morgan fingerprint density at radius 3 is 2.65 bits per heavy atom. The molecule has 4 unspecified atom stereocenters. The molecule has 6 nitrogen and oxygen atoms in total. The summed E-state index contributed by atoms with van der Waals surface area (Å²) in [5.41, 5.74) is 0. The lowest BCUT2D eigenvalue weighted by atomic mass is 9.90. The summed E-state index contributed by atoms with van der Waals surface area (Å²) in [5, 5.41) is 18.4. The van der Waals surface area contributed by atoms with E-state index in [-0.39, 0.29) is 11.3 Å². The van der Waals surface area contributed by atoms with Gasteiger partial charge in [0.2, 0.25) is 5.91 Å². The lowest BCUT2D eigenvalue weighted by Gasteiger charge is -2.44. The molecule has 17 heavy (non-hydrogen) atoms. The third-order valence-corrected chi connectivity index (χ3v) is 5.03. The number of β-lactam (4-membered cyclic amide) rings is 1. The summed E-state index contributed by atoms with van der Waals surface area (Å²) >= 11 is 1.28. The van der Waals surface area contributed by atoms with Crippen LogP contribution in [0.25, 0.3) is 0 Å². The summed E-state index contributed by atoms with van der Waals surface area (Å²) in [6.45, 7) is 3.19. The highest BCUT2D eigenvalue weighted by molar-refractivity contribution is 8.01. The van der Waals surface area contributed by atoms with Crippen molar-refractivity contribution in [2.75, 3.05) is 7.11 Å². The molecule has 2 aliphatic rings. The maximum Gasteiger partial charge on any atom is 0.330 e. The van der Waals surface area contributed by atoms with Crippen LogP contribution in [-0.2, 0) is 14.3 Å². The second-order valence-corrected chi connectivity index (χ2v) is 6.01. The summed E-state index contributed by atoms with van der Waals surface area (Å²) in [5.74, 6) is -1.92. The van der Waals surface area contributed by atoms with Crippen LogP contribution in [0.5, 0.6) is 0 Å². The van der Waals surface area contributed by atoms with Gasteiger partial charge in [0.15, 0.2) is 6.04 Å². The first kappa shape index (κ1) is 12.7. The second-order valence-electron chi connectivity index (χ2n) is 4.48. The molecule has 2 fully saturated rings. The summed E-state index contributed by atoms with van der Waals surface area (Å²) < 4.78 is 5.24. The van der Waals surface area contributed by atoms with Gasteiger partial charge in [-0.3, -0.25) is 4.79 Å². The first-order valence-electron chi connectivity index (χ1n) is 5.29. The maximum atomic E-state index is 11.8. The van der Waals surface area contributed by atoms with Crippen molar-refractivity contribution in [2.24, 2.45) is 5.92 Å². The Morgan fingerprint density at radius 1 is 1.65 bits per heavy atom. The van der Waals surface area contributed by atoms with E-state index in [2.05, 4.69) is 0 Å². The van der Waals surface area contributed by atoms with E-state index in [1.807, 2.05) is 0 Å². The quantitative estimate of drug-likeness (QED) is 0.679. The van der Waals surface area contributed by atoms with E-state index in [9.17, 15) is 19.8 Å². The van der Waals surface area contributed by atoms with Crippen LogP contribution in [0.1, 0.15) is 13.8 Å². The van der Waals surface area contributed by atoms with Crippen molar-refractivity contribution in [2.45, 2.75) is 36.3 Å². The van der Waals surface area contributed by atoms with Gasteiger partial charge >= 0.3 is 5.97 Å². The van der Waals surface area contributed by atoms with Crippen molar-refractivity contribution in [3.63, 3.8) is 0 Å². The van der Waals surface area contributed by atoms with Gasteiger partial charge in [-0.05, 0) is 13.8 Å². The number of methoxy groups -OCH3 is 1. The number of aliphatic hydroxyl groups excluding tert-OH is 1. The van der Waals surface area contributed by atoms with Gasteiger partial charge in [0, 0.05) is 7.11 Å². The average molecular weight is 261 g/mol. The van der Waals surface area contributed by atoms with E-state index in [0.29, 0.717) is 0 Å². The number of hydrogen-bond acceptors (Lipinski definition) is 5. The Morgan fingerprint density at radius 2 is 2.24 bits per heavy atom. The summed E-state index contributed by atoms with van der Waals surface area (Å²) in [6, 6.07) is -0.995. The van der Waals surface area contributed by atoms with Crippen LogP contribution in [0.4, 0.5) is 0 Å². The summed E-state index contributed by atoms with van der Waals surface area (Å²) in [7, 11) is 1.43. The standard InChI is InChI=1S/C10H15NO5S/c1-4(12)5-7(13)11-6(9(14)15)10(2,16-3)17-8(5)11/h4-6,8,12H,1-3H3,(H,14,15)/t4?,5?,6?,8-,10?/m1/s1. The number of thioether (sulfide) groups is 1. The first-order valence-corrected chi connectivity index (χ1v) is 6.17. The zero-order valence-electron chi connectivity index (χ0n) is 9.78. The molecule has 2 aliphatic heterocycles. The third-order valence-electron chi connectivity index (χ3n) is 3.41. The van der Waals surface area contributed by atoms with Gasteiger partial charge in [-0.15, -0.1) is 0 Å². The molecule has 0 aromatic carbocycles. The Labute approximate surface area is 103 Å². The van der Waals surface area contributed by atoms with Crippen LogP contribution >= 0.6 is 11.8 Å². The minimum Gasteiger partial charge on any atom is -0.480 e. The minimum atomic E-state index is -1.08. The monoisotopic (exact) mass is 261 g/mol. The summed E-state index contributed by atoms with van der Waals surface area (Å²) in [6.07, 6.45) is -0.773. The molecule has 2 rings (SSSR count). The highest BCUT2D eigenvalue weighted by Crippen LogP contribution is 2.54. The zero-order chi connectivity index (χ0) is 13.0. The minimum absolute atomic E-state index is 0.312. The van der Waals surface area contributed by atoms with Crippen LogP contribution in [0.15, 0.2) is 0 Å². The largest absolute Gasteiger partial charge is 0.480 e. The number of aliphatic hydroxyl groups is 1. The fourth-order valence-corrected chi connectivity index (χ4v) is 4.17. The van der Waals surface area contributed by atoms with Crippen LogP contribution < -0.4 is 0 Å². The molecule has 0 aromatic rings. The number of hydrogen-bond donors (Lipinski definition) is 2. The Bertz CT molecular complexity index is 374. The van der Waals surface area contributed by atoms with Crippen LogP contribution in [-0.4, -0.2) is 56.6 Å². The Kier molecular flexibility index (Phi) is 2.87. The lowest BCUT2D eigenvalue weighted by Crippen LogP contribution is -2.65. The van der Waals surface area contributed by atoms with E-state index in [1.165, 1.54) is 23.8 Å². The molecule has 7 heteroatoms. The number of aliphatic carboxylic acids is 1. The topological polar surface area (TPSA) is 87.1 Å². The average Bonchev–Trinajstić information content (AvgIpc) is 2.48. The first-order chi connectivity index (χ1) is 7.83. The lowest BCUT2D eigenvalue weighted by molar-refractivity contribution is -0.173. The Hall–Kier alpha value is -0.790. The predicted octanol–water partition coefficient (Wildman–Crippen LogP) is -0.286. The number of carboxylic acids is 1. The van der Waals surface area contributed by atoms with Crippen molar-refractivity contribution in [1.29, 1.82) is 0 Å². The van der Waals surface area contributed by atoms with E-state index >= 15 is 0 Å².